The number of rotatable bonds is 6. The molecule has 2 atom stereocenters. The molecule has 0 radical (unpaired) electrons. The van der Waals surface area contributed by atoms with Crippen LogP contribution < -0.4 is 0 Å². The van der Waals surface area contributed by atoms with Crippen molar-refractivity contribution in [1.29, 1.82) is 0 Å². The van der Waals surface area contributed by atoms with Gasteiger partial charge >= 0.3 is 6.18 Å². The summed E-state index contributed by atoms with van der Waals surface area (Å²) >= 11 is 0. The van der Waals surface area contributed by atoms with E-state index in [-0.39, 0.29) is 24.5 Å². The van der Waals surface area contributed by atoms with Gasteiger partial charge in [0.05, 0.1) is 6.54 Å². The molecule has 0 aliphatic heterocycles. The fraction of sp³-hybridized carbons (Fsp3) is 0.938. The van der Waals surface area contributed by atoms with Crippen LogP contribution in [0.5, 0.6) is 0 Å². The van der Waals surface area contributed by atoms with Gasteiger partial charge in [-0.15, -0.1) is 0 Å². The Hall–Kier alpha value is -0.270. The molecule has 0 bridgehead atoms. The molecule has 0 spiro atoms. The van der Waals surface area contributed by atoms with Crippen molar-refractivity contribution in [1.82, 2.24) is 9.21 Å². The van der Waals surface area contributed by atoms with Gasteiger partial charge in [-0.25, -0.2) is 4.31 Å². The zero-order valence-electron chi connectivity index (χ0n) is 15.8. The van der Waals surface area contributed by atoms with Crippen molar-refractivity contribution in [3.8, 4) is 0 Å². The van der Waals surface area contributed by atoms with Crippen molar-refractivity contribution >= 4 is 15.6 Å². The van der Waals surface area contributed by atoms with Crippen molar-refractivity contribution in [2.45, 2.75) is 66.2 Å². The normalized spacial score (nSPS) is 18.3. The summed E-state index contributed by atoms with van der Waals surface area (Å²) in [5.74, 6) is 3.70. The molecule has 0 aromatic carbocycles. The van der Waals surface area contributed by atoms with Crippen LogP contribution in [-0.2, 0) is 9.71 Å². The van der Waals surface area contributed by atoms with E-state index >= 15 is 0 Å². The second-order valence-corrected chi connectivity index (χ2v) is 10.7. The SMILES string of the molecule is C=S(C)(=O)N(CCN(CC(F)(F)F)C(C)C(C)(C)C)C(C)(C)C. The highest BCUT2D eigenvalue weighted by atomic mass is 32.2. The second kappa shape index (κ2) is 7.31. The lowest BCUT2D eigenvalue weighted by Crippen LogP contribution is -2.52. The highest BCUT2D eigenvalue weighted by molar-refractivity contribution is 7.97. The molecular formula is C16H33F3N2OS. The third-order valence-electron chi connectivity index (χ3n) is 3.99. The van der Waals surface area contributed by atoms with Gasteiger partial charge in [0, 0.05) is 40.6 Å². The van der Waals surface area contributed by atoms with Gasteiger partial charge in [-0.05, 0) is 39.0 Å². The first-order valence-electron chi connectivity index (χ1n) is 7.76. The highest BCUT2D eigenvalue weighted by Gasteiger charge is 2.37. The fourth-order valence-corrected chi connectivity index (χ4v) is 4.14. The molecule has 7 heteroatoms. The number of nitrogens with zero attached hydrogens (tertiary/aromatic N) is 2. The lowest BCUT2D eigenvalue weighted by molar-refractivity contribution is -0.154. The summed E-state index contributed by atoms with van der Waals surface area (Å²) in [7, 11) is -2.50. The third-order valence-corrected chi connectivity index (χ3v) is 5.65. The van der Waals surface area contributed by atoms with Gasteiger partial charge < -0.3 is 0 Å². The molecule has 0 heterocycles. The Morgan fingerprint density at radius 3 is 1.74 bits per heavy atom. The summed E-state index contributed by atoms with van der Waals surface area (Å²) < 4.78 is 52.8. The van der Waals surface area contributed by atoms with Crippen LogP contribution in [0.4, 0.5) is 13.2 Å². The first-order valence-corrected chi connectivity index (χ1v) is 9.86. The summed E-state index contributed by atoms with van der Waals surface area (Å²) in [4.78, 5) is 1.42. The summed E-state index contributed by atoms with van der Waals surface area (Å²) in [5.41, 5.74) is -0.710. The minimum absolute atomic E-state index is 0.190. The van der Waals surface area contributed by atoms with Crippen molar-refractivity contribution in [2.24, 2.45) is 5.41 Å². The molecule has 23 heavy (non-hydrogen) atoms. The van der Waals surface area contributed by atoms with Crippen LogP contribution in [0, 0.1) is 5.41 Å². The Morgan fingerprint density at radius 1 is 1.04 bits per heavy atom. The van der Waals surface area contributed by atoms with E-state index in [0.717, 1.165) is 0 Å². The Kier molecular flexibility index (Phi) is 7.23. The van der Waals surface area contributed by atoms with Gasteiger partial charge in [0.25, 0.3) is 0 Å². The maximum absolute atomic E-state index is 12.9. The maximum Gasteiger partial charge on any atom is 0.401 e. The van der Waals surface area contributed by atoms with Crippen LogP contribution in [0.3, 0.4) is 0 Å². The Labute approximate surface area is 140 Å². The van der Waals surface area contributed by atoms with E-state index in [1.807, 2.05) is 41.5 Å². The molecule has 0 rings (SSSR count). The van der Waals surface area contributed by atoms with Gasteiger partial charge in [0.15, 0.2) is 0 Å². The number of halogens is 3. The molecule has 0 aromatic rings. The van der Waals surface area contributed by atoms with Crippen molar-refractivity contribution < 1.29 is 17.4 Å². The lowest BCUT2D eigenvalue weighted by atomic mass is 9.87. The largest absolute Gasteiger partial charge is 0.401 e. The smallest absolute Gasteiger partial charge is 0.290 e. The van der Waals surface area contributed by atoms with Gasteiger partial charge in [-0.1, -0.05) is 20.8 Å². The molecule has 0 aliphatic carbocycles. The van der Waals surface area contributed by atoms with E-state index in [9.17, 15) is 17.4 Å². The first-order chi connectivity index (χ1) is 9.86. The van der Waals surface area contributed by atoms with Gasteiger partial charge in [-0.2, -0.15) is 13.2 Å². The van der Waals surface area contributed by atoms with E-state index < -0.39 is 28.0 Å². The quantitative estimate of drug-likeness (QED) is 0.677. The zero-order valence-corrected chi connectivity index (χ0v) is 16.6. The van der Waals surface area contributed by atoms with E-state index in [2.05, 4.69) is 5.87 Å². The molecule has 0 aliphatic rings. The Balaban J connectivity index is 5.31. The minimum Gasteiger partial charge on any atom is -0.290 e. The van der Waals surface area contributed by atoms with Crippen LogP contribution >= 0.6 is 0 Å². The van der Waals surface area contributed by atoms with Crippen LogP contribution in [0.15, 0.2) is 0 Å². The maximum atomic E-state index is 12.9. The van der Waals surface area contributed by atoms with Gasteiger partial charge in [-0.3, -0.25) is 9.11 Å². The molecule has 0 amide bonds. The average molecular weight is 359 g/mol. The lowest BCUT2D eigenvalue weighted by Gasteiger charge is -2.41. The minimum atomic E-state index is -4.26. The molecule has 0 aromatic heterocycles. The van der Waals surface area contributed by atoms with E-state index in [0.29, 0.717) is 0 Å². The van der Waals surface area contributed by atoms with Crippen molar-refractivity contribution in [3.63, 3.8) is 0 Å². The molecule has 3 nitrogen and oxygen atoms in total. The summed E-state index contributed by atoms with van der Waals surface area (Å²) in [5, 5.41) is 0. The molecular weight excluding hydrogens is 325 g/mol. The summed E-state index contributed by atoms with van der Waals surface area (Å²) in [6, 6.07) is -0.260. The fourth-order valence-electron chi connectivity index (χ4n) is 2.51. The third kappa shape index (κ3) is 8.40. The van der Waals surface area contributed by atoms with E-state index in [4.69, 9.17) is 0 Å². The predicted molar refractivity (Wildman–Crippen MR) is 94.2 cm³/mol. The molecule has 0 fully saturated rings. The standard InChI is InChI=1S/C16H33F3N2OS/c1-13(14(2,3)4)20(12-16(17,18)19)10-11-21(15(5,6)7)23(8,9)22/h13H,8,10-12H2,1-7,9H3. The Morgan fingerprint density at radius 2 is 1.48 bits per heavy atom. The summed E-state index contributed by atoms with van der Waals surface area (Å²) in [6.07, 6.45) is -2.73. The van der Waals surface area contributed by atoms with E-state index in [1.54, 1.807) is 11.2 Å². The van der Waals surface area contributed by atoms with Crippen molar-refractivity contribution in [3.05, 3.63) is 0 Å². The monoisotopic (exact) mass is 358 g/mol. The number of hydrogen-bond donors (Lipinski definition) is 0. The topological polar surface area (TPSA) is 23.6 Å². The molecule has 0 saturated heterocycles. The van der Waals surface area contributed by atoms with Crippen molar-refractivity contribution in [2.75, 3.05) is 25.9 Å². The number of alkyl halides is 3. The van der Waals surface area contributed by atoms with Crippen LogP contribution in [-0.4, -0.2) is 62.9 Å². The molecule has 0 N–H and O–H groups in total. The second-order valence-electron chi connectivity index (χ2n) is 8.36. The predicted octanol–water partition coefficient (Wildman–Crippen LogP) is 3.65. The van der Waals surface area contributed by atoms with E-state index in [1.165, 1.54) is 11.2 Å². The van der Waals surface area contributed by atoms with Crippen LogP contribution in [0.25, 0.3) is 0 Å². The average Bonchev–Trinajstić information content (AvgIpc) is 2.19. The molecule has 140 valence electrons. The van der Waals surface area contributed by atoms with Crippen LogP contribution in [0.1, 0.15) is 48.5 Å². The van der Waals surface area contributed by atoms with Gasteiger partial charge in [0.1, 0.15) is 0 Å². The molecule has 0 saturated carbocycles. The Bertz CT molecular complexity index is 473. The summed E-state index contributed by atoms with van der Waals surface area (Å²) in [6.45, 7) is 12.8. The van der Waals surface area contributed by atoms with Gasteiger partial charge in [0.2, 0.25) is 0 Å². The first kappa shape index (κ1) is 22.7. The zero-order chi connectivity index (χ0) is 18.9. The highest BCUT2D eigenvalue weighted by Crippen LogP contribution is 2.28. The molecule has 2 unspecified atom stereocenters. The number of hydrogen-bond acceptors (Lipinski definition) is 2. The van der Waals surface area contributed by atoms with Crippen LogP contribution in [0.2, 0.25) is 0 Å².